The fourth-order valence-electron chi connectivity index (χ4n) is 2.40. The van der Waals surface area contributed by atoms with E-state index >= 15 is 0 Å². The first-order valence-corrected chi connectivity index (χ1v) is 7.01. The van der Waals surface area contributed by atoms with E-state index in [-0.39, 0.29) is 12.1 Å². The van der Waals surface area contributed by atoms with Crippen LogP contribution in [0.3, 0.4) is 0 Å². The molecule has 2 N–H and O–H groups in total. The van der Waals surface area contributed by atoms with E-state index in [1.807, 2.05) is 24.3 Å². The summed E-state index contributed by atoms with van der Waals surface area (Å²) in [6, 6.07) is 15.9. The van der Waals surface area contributed by atoms with Gasteiger partial charge in [-0.1, -0.05) is 43.3 Å². The Balaban J connectivity index is 1.76. The number of ether oxygens (including phenoxy) is 2. The largest absolute Gasteiger partial charge is 0.486 e. The summed E-state index contributed by atoms with van der Waals surface area (Å²) in [5.41, 5.74) is 8.70. The van der Waals surface area contributed by atoms with Crippen molar-refractivity contribution in [1.82, 2.24) is 0 Å². The highest BCUT2D eigenvalue weighted by atomic mass is 16.6. The summed E-state index contributed by atoms with van der Waals surface area (Å²) in [7, 11) is 0. The molecule has 2 aromatic carbocycles. The Morgan fingerprint density at radius 3 is 2.50 bits per heavy atom. The van der Waals surface area contributed by atoms with Crippen LogP contribution in [-0.2, 0) is 6.42 Å². The van der Waals surface area contributed by atoms with E-state index in [2.05, 4.69) is 31.2 Å². The molecule has 3 rings (SSSR count). The Hall–Kier alpha value is -2.00. The highest BCUT2D eigenvalue weighted by molar-refractivity contribution is 5.41. The summed E-state index contributed by atoms with van der Waals surface area (Å²) in [6.45, 7) is 2.62. The monoisotopic (exact) mass is 269 g/mol. The van der Waals surface area contributed by atoms with Gasteiger partial charge in [0.1, 0.15) is 6.61 Å². The summed E-state index contributed by atoms with van der Waals surface area (Å²) >= 11 is 0. The Bertz CT molecular complexity index is 580. The molecule has 0 aromatic heterocycles. The van der Waals surface area contributed by atoms with E-state index in [0.29, 0.717) is 6.61 Å². The maximum atomic E-state index is 6.31. The summed E-state index contributed by atoms with van der Waals surface area (Å²) in [5.74, 6) is 1.56. The Morgan fingerprint density at radius 2 is 1.80 bits per heavy atom. The van der Waals surface area contributed by atoms with Crippen molar-refractivity contribution in [3.05, 3.63) is 59.7 Å². The molecule has 1 heterocycles. The van der Waals surface area contributed by atoms with Crippen LogP contribution in [0, 0.1) is 0 Å². The molecule has 2 aromatic rings. The molecule has 1 aliphatic rings. The number of hydrogen-bond donors (Lipinski definition) is 1. The first kappa shape index (κ1) is 13.0. The van der Waals surface area contributed by atoms with Gasteiger partial charge in [-0.05, 0) is 29.7 Å². The predicted molar refractivity (Wildman–Crippen MR) is 79.1 cm³/mol. The maximum absolute atomic E-state index is 6.31. The lowest BCUT2D eigenvalue weighted by Crippen LogP contribution is -2.38. The van der Waals surface area contributed by atoms with Crippen molar-refractivity contribution in [2.45, 2.75) is 25.5 Å². The van der Waals surface area contributed by atoms with Gasteiger partial charge in [-0.3, -0.25) is 0 Å². The van der Waals surface area contributed by atoms with Crippen LogP contribution in [0.4, 0.5) is 0 Å². The molecule has 3 heteroatoms. The van der Waals surface area contributed by atoms with E-state index in [1.165, 1.54) is 5.56 Å². The average Bonchev–Trinajstić information content (AvgIpc) is 2.54. The fraction of sp³-hybridized carbons (Fsp3) is 0.294. The van der Waals surface area contributed by atoms with E-state index in [4.69, 9.17) is 15.2 Å². The van der Waals surface area contributed by atoms with Crippen LogP contribution in [0.15, 0.2) is 48.5 Å². The molecule has 1 aliphatic heterocycles. The second kappa shape index (κ2) is 5.55. The van der Waals surface area contributed by atoms with Crippen molar-refractivity contribution < 1.29 is 9.47 Å². The van der Waals surface area contributed by atoms with Crippen LogP contribution in [0.1, 0.15) is 24.1 Å². The molecule has 0 radical (unpaired) electrons. The zero-order chi connectivity index (χ0) is 13.9. The van der Waals surface area contributed by atoms with Crippen LogP contribution >= 0.6 is 0 Å². The first-order valence-electron chi connectivity index (χ1n) is 7.01. The van der Waals surface area contributed by atoms with Gasteiger partial charge in [0.2, 0.25) is 0 Å². The lowest BCUT2D eigenvalue weighted by Gasteiger charge is -2.30. The third-order valence-corrected chi connectivity index (χ3v) is 3.70. The van der Waals surface area contributed by atoms with Gasteiger partial charge in [0, 0.05) is 0 Å². The highest BCUT2D eigenvalue weighted by Gasteiger charge is 2.27. The number of nitrogens with two attached hydrogens (primary N) is 1. The van der Waals surface area contributed by atoms with Crippen molar-refractivity contribution in [1.29, 1.82) is 0 Å². The van der Waals surface area contributed by atoms with Gasteiger partial charge in [-0.2, -0.15) is 0 Å². The van der Waals surface area contributed by atoms with Gasteiger partial charge in [-0.25, -0.2) is 0 Å². The molecule has 0 fully saturated rings. The van der Waals surface area contributed by atoms with Crippen molar-refractivity contribution in [3.63, 3.8) is 0 Å². The van der Waals surface area contributed by atoms with Crippen molar-refractivity contribution >= 4 is 0 Å². The van der Waals surface area contributed by atoms with Crippen LogP contribution in [0.5, 0.6) is 11.5 Å². The zero-order valence-corrected chi connectivity index (χ0v) is 11.6. The van der Waals surface area contributed by atoms with Gasteiger partial charge in [0.15, 0.2) is 17.6 Å². The van der Waals surface area contributed by atoms with Crippen molar-refractivity contribution in [2.24, 2.45) is 5.73 Å². The smallest absolute Gasteiger partial charge is 0.161 e. The molecule has 0 saturated carbocycles. The van der Waals surface area contributed by atoms with Crippen LogP contribution in [0.25, 0.3) is 0 Å². The van der Waals surface area contributed by atoms with Crippen molar-refractivity contribution in [3.8, 4) is 11.5 Å². The summed E-state index contributed by atoms with van der Waals surface area (Å²) < 4.78 is 11.7. The Kier molecular flexibility index (Phi) is 3.61. The zero-order valence-electron chi connectivity index (χ0n) is 11.6. The average molecular weight is 269 g/mol. The molecule has 0 amide bonds. The number of para-hydroxylation sites is 2. The minimum absolute atomic E-state index is 0.155. The van der Waals surface area contributed by atoms with Crippen LogP contribution in [0.2, 0.25) is 0 Å². The fourth-order valence-corrected chi connectivity index (χ4v) is 2.40. The molecule has 0 saturated heterocycles. The predicted octanol–water partition coefficient (Wildman–Crippen LogP) is 3.09. The topological polar surface area (TPSA) is 44.5 Å². The van der Waals surface area contributed by atoms with E-state index < -0.39 is 0 Å². The second-order valence-electron chi connectivity index (χ2n) is 5.03. The first-order chi connectivity index (χ1) is 9.78. The minimum Gasteiger partial charge on any atom is -0.486 e. The SMILES string of the molecule is CCc1ccc(C(N)C2COc3ccccc3O2)cc1. The molecular formula is C17H19NO2. The van der Waals surface area contributed by atoms with E-state index in [1.54, 1.807) is 0 Å². The van der Waals surface area contributed by atoms with E-state index in [9.17, 15) is 0 Å². The molecule has 20 heavy (non-hydrogen) atoms. The maximum Gasteiger partial charge on any atom is 0.161 e. The number of aryl methyl sites for hydroxylation is 1. The number of fused-ring (bicyclic) bond motifs is 1. The van der Waals surface area contributed by atoms with Crippen LogP contribution < -0.4 is 15.2 Å². The van der Waals surface area contributed by atoms with E-state index in [0.717, 1.165) is 23.5 Å². The molecule has 0 aliphatic carbocycles. The second-order valence-corrected chi connectivity index (χ2v) is 5.03. The van der Waals surface area contributed by atoms with Gasteiger partial charge in [0.25, 0.3) is 0 Å². The lowest BCUT2D eigenvalue weighted by atomic mass is 10.00. The van der Waals surface area contributed by atoms with Gasteiger partial charge in [0.05, 0.1) is 6.04 Å². The van der Waals surface area contributed by atoms with Gasteiger partial charge in [-0.15, -0.1) is 0 Å². The quantitative estimate of drug-likeness (QED) is 0.931. The molecule has 3 nitrogen and oxygen atoms in total. The molecule has 2 atom stereocenters. The number of benzene rings is 2. The molecular weight excluding hydrogens is 250 g/mol. The molecule has 0 spiro atoms. The van der Waals surface area contributed by atoms with Gasteiger partial charge < -0.3 is 15.2 Å². The Labute approximate surface area is 119 Å². The number of hydrogen-bond acceptors (Lipinski definition) is 3. The summed E-state index contributed by atoms with van der Waals surface area (Å²) in [5, 5.41) is 0. The third kappa shape index (κ3) is 2.49. The number of rotatable bonds is 3. The summed E-state index contributed by atoms with van der Waals surface area (Å²) in [6.07, 6.45) is 0.878. The normalized spacial score (nSPS) is 18.6. The van der Waals surface area contributed by atoms with Crippen molar-refractivity contribution in [2.75, 3.05) is 6.61 Å². The molecule has 104 valence electrons. The van der Waals surface area contributed by atoms with Crippen LogP contribution in [-0.4, -0.2) is 12.7 Å². The van der Waals surface area contributed by atoms with Gasteiger partial charge >= 0.3 is 0 Å². The molecule has 0 bridgehead atoms. The standard InChI is InChI=1S/C17H19NO2/c1-2-12-7-9-13(10-8-12)17(18)16-11-19-14-5-3-4-6-15(14)20-16/h3-10,16-17H,2,11,18H2,1H3. The third-order valence-electron chi connectivity index (χ3n) is 3.70. The summed E-state index contributed by atoms with van der Waals surface area (Å²) in [4.78, 5) is 0. The molecule has 2 unspecified atom stereocenters. The Morgan fingerprint density at radius 1 is 1.10 bits per heavy atom. The highest BCUT2D eigenvalue weighted by Crippen LogP contribution is 2.33. The lowest BCUT2D eigenvalue weighted by molar-refractivity contribution is 0.0721. The minimum atomic E-state index is -0.186.